The predicted octanol–water partition coefficient (Wildman–Crippen LogP) is 0.103. The minimum absolute atomic E-state index is 0.485. The first-order valence-corrected chi connectivity index (χ1v) is 2.26. The molecule has 0 spiro atoms. The zero-order chi connectivity index (χ0) is 7.11. The van der Waals surface area contributed by atoms with Gasteiger partial charge in [0.05, 0.1) is 7.11 Å². The van der Waals surface area contributed by atoms with Crippen molar-refractivity contribution in [2.24, 2.45) is 0 Å². The van der Waals surface area contributed by atoms with Gasteiger partial charge in [0.2, 0.25) is 0 Å². The van der Waals surface area contributed by atoms with E-state index in [1.807, 2.05) is 0 Å². The second-order valence-corrected chi connectivity index (χ2v) is 1.17. The van der Waals surface area contributed by atoms with E-state index in [4.69, 9.17) is 0 Å². The number of ether oxygens (including phenoxy) is 1. The van der Waals surface area contributed by atoms with Crippen molar-refractivity contribution < 1.29 is 14.3 Å². The Bertz CT molecular complexity index is 163. The molecule has 0 aromatic heterocycles. The second kappa shape index (κ2) is 4.81. The van der Waals surface area contributed by atoms with Crippen LogP contribution in [0, 0.1) is 0 Å². The molecule has 0 amide bonds. The number of hydrogen-bond donors (Lipinski definition) is 0. The molecule has 3 nitrogen and oxygen atoms in total. The highest BCUT2D eigenvalue weighted by Crippen LogP contribution is 1.76. The fourth-order valence-corrected chi connectivity index (χ4v) is 0.234. The van der Waals surface area contributed by atoms with Crippen LogP contribution in [0.25, 0.3) is 0 Å². The molecule has 0 aromatic rings. The maximum atomic E-state index is 10.2. The van der Waals surface area contributed by atoms with E-state index in [1.54, 1.807) is 0 Å². The molecule has 0 aliphatic rings. The molecule has 0 unspecified atom stereocenters. The van der Waals surface area contributed by atoms with E-state index in [-0.39, 0.29) is 0 Å². The third-order valence-electron chi connectivity index (χ3n) is 0.598. The Balaban J connectivity index is 3.70. The Morgan fingerprint density at radius 2 is 2.33 bits per heavy atom. The molecular weight excluding hydrogens is 120 g/mol. The van der Waals surface area contributed by atoms with E-state index in [2.05, 4.69) is 4.74 Å². The molecule has 0 rings (SSSR count). The summed E-state index contributed by atoms with van der Waals surface area (Å²) in [6, 6.07) is 0. The van der Waals surface area contributed by atoms with Crippen molar-refractivity contribution in [3.63, 3.8) is 0 Å². The molecule has 48 valence electrons. The molecule has 0 heterocycles. The zero-order valence-corrected chi connectivity index (χ0v) is 4.96. The maximum absolute atomic E-state index is 10.2. The quantitative estimate of drug-likeness (QED) is 0.228. The van der Waals surface area contributed by atoms with E-state index in [0.29, 0.717) is 0 Å². The molecule has 0 fully saturated rings. The largest absolute Gasteiger partial charge is 0.466 e. The van der Waals surface area contributed by atoms with Crippen LogP contribution in [0.3, 0.4) is 0 Å². The van der Waals surface area contributed by atoms with Crippen LogP contribution in [0.5, 0.6) is 0 Å². The third-order valence-corrected chi connectivity index (χ3v) is 0.598. The van der Waals surface area contributed by atoms with Gasteiger partial charge in [-0.1, -0.05) is 0 Å². The lowest BCUT2D eigenvalue weighted by Gasteiger charge is -1.84. The summed E-state index contributed by atoms with van der Waals surface area (Å²) in [5, 5.41) is 0. The first-order valence-electron chi connectivity index (χ1n) is 2.26. The Morgan fingerprint density at radius 3 is 2.78 bits per heavy atom. The van der Waals surface area contributed by atoms with Crippen molar-refractivity contribution in [1.29, 1.82) is 0 Å². The lowest BCUT2D eigenvalue weighted by Crippen LogP contribution is -1.92. The molecule has 0 aliphatic heterocycles. The van der Waals surface area contributed by atoms with E-state index in [1.165, 1.54) is 19.1 Å². The summed E-state index contributed by atoms with van der Waals surface area (Å²) in [6.45, 7) is 0. The normalized spacial score (nSPS) is 8.56. The highest BCUT2D eigenvalue weighted by Gasteiger charge is 1.85. The summed E-state index contributed by atoms with van der Waals surface area (Å²) >= 11 is 0. The van der Waals surface area contributed by atoms with E-state index >= 15 is 0 Å². The van der Waals surface area contributed by atoms with Crippen LogP contribution >= 0.6 is 0 Å². The summed E-state index contributed by atoms with van der Waals surface area (Å²) < 4.78 is 4.22. The van der Waals surface area contributed by atoms with Crippen molar-refractivity contribution in [3.8, 4) is 0 Å². The monoisotopic (exact) mass is 126 g/mol. The van der Waals surface area contributed by atoms with Gasteiger partial charge in [0.25, 0.3) is 0 Å². The number of rotatable bonds is 2. The van der Waals surface area contributed by atoms with Crippen LogP contribution in [0.1, 0.15) is 0 Å². The summed E-state index contributed by atoms with van der Waals surface area (Å²) in [7, 11) is 1.26. The summed E-state index contributed by atoms with van der Waals surface area (Å²) in [5.41, 5.74) is 0. The van der Waals surface area contributed by atoms with Gasteiger partial charge in [0.15, 0.2) is 0 Å². The SMILES string of the molecule is COC(=O)/C=C/C=C=O. The van der Waals surface area contributed by atoms with Crippen LogP contribution in [0.2, 0.25) is 0 Å². The molecule has 0 radical (unpaired) electrons. The van der Waals surface area contributed by atoms with Gasteiger partial charge in [0, 0.05) is 12.2 Å². The molecule has 0 bridgehead atoms. The van der Waals surface area contributed by atoms with E-state index < -0.39 is 5.97 Å². The highest BCUT2D eigenvalue weighted by atomic mass is 16.5. The van der Waals surface area contributed by atoms with Crippen molar-refractivity contribution >= 4 is 11.9 Å². The van der Waals surface area contributed by atoms with Crippen LogP contribution in [0.15, 0.2) is 18.2 Å². The van der Waals surface area contributed by atoms with Gasteiger partial charge in [-0.25, -0.2) is 9.59 Å². The molecule has 0 atom stereocenters. The summed E-state index contributed by atoms with van der Waals surface area (Å²) in [4.78, 5) is 19.7. The van der Waals surface area contributed by atoms with E-state index in [0.717, 1.165) is 12.2 Å². The minimum atomic E-state index is -0.485. The fraction of sp³-hybridized carbons (Fsp3) is 0.167. The average Bonchev–Trinajstić information content (AvgIpc) is 1.89. The number of allylic oxidation sites excluding steroid dienone is 2. The van der Waals surface area contributed by atoms with Gasteiger partial charge in [0.1, 0.15) is 5.94 Å². The Morgan fingerprint density at radius 1 is 1.67 bits per heavy atom. The van der Waals surface area contributed by atoms with Gasteiger partial charge in [-0.2, -0.15) is 0 Å². The maximum Gasteiger partial charge on any atom is 0.330 e. The van der Waals surface area contributed by atoms with Crippen molar-refractivity contribution in [2.45, 2.75) is 0 Å². The standard InChI is InChI=1S/C6H6O3/c1-9-6(8)4-2-3-5-7/h2-4H,1H3/b4-2+. The van der Waals surface area contributed by atoms with Crippen LogP contribution < -0.4 is 0 Å². The Kier molecular flexibility index (Phi) is 4.09. The smallest absolute Gasteiger partial charge is 0.330 e. The topological polar surface area (TPSA) is 43.4 Å². The molecule has 0 saturated carbocycles. The number of carbonyl (C=O) groups is 1. The summed E-state index contributed by atoms with van der Waals surface area (Å²) in [6.07, 6.45) is 3.47. The molecule has 3 heteroatoms. The number of methoxy groups -OCH3 is 1. The minimum Gasteiger partial charge on any atom is -0.466 e. The lowest BCUT2D eigenvalue weighted by molar-refractivity contribution is -0.134. The van der Waals surface area contributed by atoms with Crippen molar-refractivity contribution in [2.75, 3.05) is 7.11 Å². The van der Waals surface area contributed by atoms with Crippen molar-refractivity contribution in [3.05, 3.63) is 18.2 Å². The molecule has 0 N–H and O–H groups in total. The van der Waals surface area contributed by atoms with Crippen LogP contribution in [-0.4, -0.2) is 19.0 Å². The number of esters is 1. The summed E-state index contributed by atoms with van der Waals surface area (Å²) in [5.74, 6) is 0.993. The van der Waals surface area contributed by atoms with Crippen LogP contribution in [0.4, 0.5) is 0 Å². The fourth-order valence-electron chi connectivity index (χ4n) is 0.234. The molecule has 0 aromatic carbocycles. The van der Waals surface area contributed by atoms with Gasteiger partial charge >= 0.3 is 5.97 Å². The Hall–Kier alpha value is -1.34. The van der Waals surface area contributed by atoms with E-state index in [9.17, 15) is 9.59 Å². The van der Waals surface area contributed by atoms with Gasteiger partial charge < -0.3 is 4.74 Å². The molecule has 9 heavy (non-hydrogen) atoms. The van der Waals surface area contributed by atoms with Crippen molar-refractivity contribution in [1.82, 2.24) is 0 Å². The molecule has 0 aliphatic carbocycles. The van der Waals surface area contributed by atoms with Crippen LogP contribution in [-0.2, 0) is 14.3 Å². The first kappa shape index (κ1) is 7.66. The third kappa shape index (κ3) is 4.51. The molecule has 0 saturated heterocycles. The Labute approximate surface area is 52.6 Å². The van der Waals surface area contributed by atoms with Gasteiger partial charge in [-0.05, 0) is 6.08 Å². The number of hydrogen-bond acceptors (Lipinski definition) is 3. The number of carbonyl (C=O) groups excluding carboxylic acids is 2. The predicted molar refractivity (Wildman–Crippen MR) is 31.4 cm³/mol. The lowest BCUT2D eigenvalue weighted by atomic mass is 10.5. The second-order valence-electron chi connectivity index (χ2n) is 1.17. The highest BCUT2D eigenvalue weighted by molar-refractivity contribution is 5.82. The van der Waals surface area contributed by atoms with Gasteiger partial charge in [-0.15, -0.1) is 0 Å². The zero-order valence-electron chi connectivity index (χ0n) is 4.96. The molecular formula is C6H6O3. The van der Waals surface area contributed by atoms with Gasteiger partial charge in [-0.3, -0.25) is 0 Å². The average molecular weight is 126 g/mol. The first-order chi connectivity index (χ1) is 4.31.